The summed E-state index contributed by atoms with van der Waals surface area (Å²) in [5.41, 5.74) is 7.60. The molecular formula is C24H30N4O4S. The Morgan fingerprint density at radius 1 is 1.09 bits per heavy atom. The number of anilines is 2. The Bertz CT molecular complexity index is 1220. The number of benzene rings is 2. The van der Waals surface area contributed by atoms with Gasteiger partial charge in [-0.25, -0.2) is 18.1 Å². The van der Waals surface area contributed by atoms with Gasteiger partial charge in [0.25, 0.3) is 10.0 Å². The normalized spacial score (nSPS) is 12.1. The van der Waals surface area contributed by atoms with Gasteiger partial charge in [-0.1, -0.05) is 44.2 Å². The standard InChI is InChI=1S/C24H30N4O4S/c1-16(2)19-10-5-6-11-20(19)21-15-22(32-13-12-24(3,4)29)27-23(26-21)28-33(30,31)18-9-7-8-17(25)14-18/h5-11,14-16,29H,12-13,25H2,1-4H3,(H,26,27,28). The lowest BCUT2D eigenvalue weighted by Gasteiger charge is -2.18. The van der Waals surface area contributed by atoms with Crippen molar-refractivity contribution in [2.75, 3.05) is 17.1 Å². The number of hydrogen-bond donors (Lipinski definition) is 3. The van der Waals surface area contributed by atoms with Gasteiger partial charge in [-0.05, 0) is 43.5 Å². The summed E-state index contributed by atoms with van der Waals surface area (Å²) in [6, 6.07) is 15.4. The van der Waals surface area contributed by atoms with E-state index in [1.165, 1.54) is 12.1 Å². The Labute approximate surface area is 194 Å². The van der Waals surface area contributed by atoms with E-state index in [-0.39, 0.29) is 29.2 Å². The first-order valence-corrected chi connectivity index (χ1v) is 12.1. The number of rotatable bonds is 9. The Hall–Kier alpha value is -3.17. The molecule has 8 nitrogen and oxygen atoms in total. The molecular weight excluding hydrogens is 440 g/mol. The zero-order valence-electron chi connectivity index (χ0n) is 19.2. The average molecular weight is 471 g/mol. The van der Waals surface area contributed by atoms with Crippen LogP contribution in [0.5, 0.6) is 5.88 Å². The van der Waals surface area contributed by atoms with E-state index in [0.29, 0.717) is 17.8 Å². The lowest BCUT2D eigenvalue weighted by atomic mass is 9.95. The SMILES string of the molecule is CC(C)c1ccccc1-c1cc(OCCC(C)(C)O)nc(NS(=O)(=O)c2cccc(N)c2)n1. The first kappa shape index (κ1) is 24.5. The fraction of sp³-hybridized carbons (Fsp3) is 0.333. The van der Waals surface area contributed by atoms with Crippen LogP contribution >= 0.6 is 0 Å². The molecule has 0 aliphatic heterocycles. The van der Waals surface area contributed by atoms with E-state index in [9.17, 15) is 13.5 Å². The first-order chi connectivity index (χ1) is 15.4. The van der Waals surface area contributed by atoms with E-state index < -0.39 is 15.6 Å². The molecule has 1 heterocycles. The molecule has 0 unspecified atom stereocenters. The third-order valence-corrected chi connectivity index (χ3v) is 6.25. The number of nitrogens with one attached hydrogen (secondary N) is 1. The zero-order chi connectivity index (χ0) is 24.2. The molecule has 1 aromatic heterocycles. The monoisotopic (exact) mass is 470 g/mol. The second-order valence-corrected chi connectivity index (χ2v) is 10.4. The van der Waals surface area contributed by atoms with E-state index in [1.54, 1.807) is 32.0 Å². The number of ether oxygens (including phenoxy) is 1. The number of nitrogens with two attached hydrogens (primary N) is 1. The second-order valence-electron chi connectivity index (χ2n) is 8.75. The van der Waals surface area contributed by atoms with Crippen LogP contribution in [-0.2, 0) is 10.0 Å². The summed E-state index contributed by atoms with van der Waals surface area (Å²) in [5, 5.41) is 9.97. The van der Waals surface area contributed by atoms with Crippen molar-refractivity contribution in [2.24, 2.45) is 0 Å². The summed E-state index contributed by atoms with van der Waals surface area (Å²) < 4.78 is 34.0. The largest absolute Gasteiger partial charge is 0.477 e. The highest BCUT2D eigenvalue weighted by atomic mass is 32.2. The third-order valence-electron chi connectivity index (χ3n) is 4.92. The average Bonchev–Trinajstić information content (AvgIpc) is 2.72. The van der Waals surface area contributed by atoms with Crippen molar-refractivity contribution in [1.82, 2.24) is 9.97 Å². The summed E-state index contributed by atoms with van der Waals surface area (Å²) in [6.07, 6.45) is 0.374. The van der Waals surface area contributed by atoms with Gasteiger partial charge >= 0.3 is 0 Å². The summed E-state index contributed by atoms with van der Waals surface area (Å²) in [6.45, 7) is 7.72. The van der Waals surface area contributed by atoms with Crippen molar-refractivity contribution in [3.05, 3.63) is 60.2 Å². The minimum Gasteiger partial charge on any atom is -0.477 e. The molecule has 33 heavy (non-hydrogen) atoms. The van der Waals surface area contributed by atoms with E-state index in [4.69, 9.17) is 10.5 Å². The summed E-state index contributed by atoms with van der Waals surface area (Å²) in [7, 11) is -3.97. The van der Waals surface area contributed by atoms with Gasteiger partial charge in [0.2, 0.25) is 11.8 Å². The maximum Gasteiger partial charge on any atom is 0.264 e. The van der Waals surface area contributed by atoms with Crippen LogP contribution in [0.4, 0.5) is 11.6 Å². The van der Waals surface area contributed by atoms with Gasteiger partial charge < -0.3 is 15.6 Å². The molecule has 0 saturated heterocycles. The molecule has 0 spiro atoms. The van der Waals surface area contributed by atoms with Gasteiger partial charge in [-0.15, -0.1) is 0 Å². The Kier molecular flexibility index (Phi) is 7.24. The second kappa shape index (κ2) is 9.76. The van der Waals surface area contributed by atoms with Gasteiger partial charge in [-0.2, -0.15) is 4.98 Å². The number of sulfonamides is 1. The van der Waals surface area contributed by atoms with Gasteiger partial charge in [-0.3, -0.25) is 0 Å². The molecule has 4 N–H and O–H groups in total. The highest BCUT2D eigenvalue weighted by Gasteiger charge is 2.20. The molecule has 9 heteroatoms. The molecule has 3 aromatic rings. The lowest BCUT2D eigenvalue weighted by molar-refractivity contribution is 0.0547. The minimum absolute atomic E-state index is 0.00332. The molecule has 0 amide bonds. The molecule has 0 bridgehead atoms. The van der Waals surface area contributed by atoms with Crippen molar-refractivity contribution < 1.29 is 18.3 Å². The zero-order valence-corrected chi connectivity index (χ0v) is 20.1. The number of aromatic nitrogens is 2. The van der Waals surface area contributed by atoms with Crippen LogP contribution in [0.2, 0.25) is 0 Å². The van der Waals surface area contributed by atoms with Crippen molar-refractivity contribution >= 4 is 21.7 Å². The van der Waals surface area contributed by atoms with Crippen LogP contribution in [0.1, 0.15) is 45.6 Å². The van der Waals surface area contributed by atoms with Gasteiger partial charge in [0.1, 0.15) is 0 Å². The maximum atomic E-state index is 12.9. The molecule has 0 saturated carbocycles. The highest BCUT2D eigenvalue weighted by Crippen LogP contribution is 2.31. The quantitative estimate of drug-likeness (QED) is 0.400. The van der Waals surface area contributed by atoms with Crippen molar-refractivity contribution in [2.45, 2.75) is 50.5 Å². The predicted molar refractivity (Wildman–Crippen MR) is 130 cm³/mol. The lowest BCUT2D eigenvalue weighted by Crippen LogP contribution is -2.22. The Morgan fingerprint density at radius 2 is 1.82 bits per heavy atom. The molecule has 3 rings (SSSR count). The van der Waals surface area contributed by atoms with Crippen molar-refractivity contribution in [3.63, 3.8) is 0 Å². The van der Waals surface area contributed by atoms with Crippen LogP contribution in [0.15, 0.2) is 59.5 Å². The summed E-state index contributed by atoms with van der Waals surface area (Å²) in [5.74, 6) is 0.308. The fourth-order valence-electron chi connectivity index (χ4n) is 3.18. The molecule has 2 aromatic carbocycles. The van der Waals surface area contributed by atoms with Crippen LogP contribution in [0.25, 0.3) is 11.3 Å². The van der Waals surface area contributed by atoms with Crippen LogP contribution in [-0.4, -0.2) is 35.7 Å². The molecule has 176 valence electrons. The predicted octanol–water partition coefficient (Wildman–Crippen LogP) is 4.19. The smallest absolute Gasteiger partial charge is 0.264 e. The number of aliphatic hydroxyl groups is 1. The van der Waals surface area contributed by atoms with E-state index in [1.807, 2.05) is 24.3 Å². The van der Waals surface area contributed by atoms with Crippen LogP contribution < -0.4 is 15.2 Å². The number of hydrogen-bond acceptors (Lipinski definition) is 7. The first-order valence-electron chi connectivity index (χ1n) is 10.7. The maximum absolute atomic E-state index is 12.9. The van der Waals surface area contributed by atoms with Gasteiger partial charge in [0, 0.05) is 23.7 Å². The highest BCUT2D eigenvalue weighted by molar-refractivity contribution is 7.92. The van der Waals surface area contributed by atoms with Gasteiger partial charge in [0.05, 0.1) is 22.8 Å². The molecule has 0 fully saturated rings. The fourth-order valence-corrected chi connectivity index (χ4v) is 4.18. The van der Waals surface area contributed by atoms with Crippen molar-refractivity contribution in [1.29, 1.82) is 0 Å². The topological polar surface area (TPSA) is 127 Å². The van der Waals surface area contributed by atoms with E-state index in [0.717, 1.165) is 11.1 Å². The van der Waals surface area contributed by atoms with E-state index in [2.05, 4.69) is 28.5 Å². The Balaban J connectivity index is 2.02. The number of nitrogen functional groups attached to an aromatic ring is 1. The summed E-state index contributed by atoms with van der Waals surface area (Å²) in [4.78, 5) is 8.73. The van der Waals surface area contributed by atoms with E-state index >= 15 is 0 Å². The minimum atomic E-state index is -3.97. The van der Waals surface area contributed by atoms with Gasteiger partial charge in [0.15, 0.2) is 0 Å². The third kappa shape index (κ3) is 6.66. The Morgan fingerprint density at radius 3 is 2.48 bits per heavy atom. The molecule has 0 aliphatic rings. The molecule has 0 radical (unpaired) electrons. The summed E-state index contributed by atoms with van der Waals surface area (Å²) >= 11 is 0. The van der Waals surface area contributed by atoms with Crippen LogP contribution in [0.3, 0.4) is 0 Å². The van der Waals surface area contributed by atoms with Crippen LogP contribution in [0, 0.1) is 0 Å². The number of nitrogens with zero attached hydrogens (tertiary/aromatic N) is 2. The molecule has 0 aliphatic carbocycles. The molecule has 0 atom stereocenters. The van der Waals surface area contributed by atoms with Crippen molar-refractivity contribution in [3.8, 4) is 17.1 Å².